The van der Waals surface area contributed by atoms with Crippen molar-refractivity contribution in [1.29, 1.82) is 0 Å². The predicted molar refractivity (Wildman–Crippen MR) is 82.1 cm³/mol. The minimum atomic E-state index is -3.57. The second-order valence-corrected chi connectivity index (χ2v) is 7.66. The Morgan fingerprint density at radius 2 is 2.05 bits per heavy atom. The van der Waals surface area contributed by atoms with Crippen LogP contribution in [0.25, 0.3) is 0 Å². The number of nitrogens with two attached hydrogens (primary N) is 1. The van der Waals surface area contributed by atoms with Crippen LogP contribution in [0.4, 0.5) is 0 Å². The molecule has 2 rings (SSSR count). The summed E-state index contributed by atoms with van der Waals surface area (Å²) in [6.07, 6.45) is 1.21. The van der Waals surface area contributed by atoms with E-state index in [1.54, 1.807) is 6.07 Å². The van der Waals surface area contributed by atoms with Crippen LogP contribution in [0.5, 0.6) is 5.75 Å². The Balaban J connectivity index is 2.14. The zero-order valence-electron chi connectivity index (χ0n) is 12.0. The van der Waals surface area contributed by atoms with Gasteiger partial charge in [0.25, 0.3) is 0 Å². The summed E-state index contributed by atoms with van der Waals surface area (Å²) in [5.74, 6) is 0.462. The molecule has 0 aliphatic carbocycles. The van der Waals surface area contributed by atoms with Crippen LogP contribution in [0.1, 0.15) is 18.4 Å². The molecule has 0 spiro atoms. The molecule has 1 saturated heterocycles. The molecule has 0 radical (unpaired) electrons. The van der Waals surface area contributed by atoms with E-state index in [4.69, 9.17) is 26.2 Å². The largest absolute Gasteiger partial charge is 0.491 e. The molecule has 1 aliphatic heterocycles. The number of hydrogen-bond acceptors (Lipinski definition) is 4. The molecule has 7 heteroatoms. The van der Waals surface area contributed by atoms with Gasteiger partial charge in [0, 0.05) is 18.6 Å². The highest BCUT2D eigenvalue weighted by Crippen LogP contribution is 2.34. The summed E-state index contributed by atoms with van der Waals surface area (Å²) in [5.41, 5.74) is 0.515. The molecule has 0 aromatic heterocycles. The van der Waals surface area contributed by atoms with Crippen molar-refractivity contribution in [1.82, 2.24) is 0 Å². The van der Waals surface area contributed by atoms with E-state index >= 15 is 0 Å². The lowest BCUT2D eigenvalue weighted by molar-refractivity contribution is 0.00211. The molecule has 0 amide bonds. The standard InChI is InChI=1S/C14H20ClNO4S/c1-11-2-3-12(15)13(8-11)20-9-14(10-21(16,17)18)4-6-19-7-5-14/h2-3,8H,4-7,9-10H2,1H3,(H2,16,17,18). The molecule has 2 N–H and O–H groups in total. The van der Waals surface area contributed by atoms with Crippen molar-refractivity contribution in [3.63, 3.8) is 0 Å². The Morgan fingerprint density at radius 3 is 2.67 bits per heavy atom. The topological polar surface area (TPSA) is 78.6 Å². The van der Waals surface area contributed by atoms with Crippen molar-refractivity contribution in [2.24, 2.45) is 10.6 Å². The summed E-state index contributed by atoms with van der Waals surface area (Å²) in [6.45, 7) is 3.23. The van der Waals surface area contributed by atoms with Gasteiger partial charge in [-0.3, -0.25) is 0 Å². The maximum atomic E-state index is 11.5. The lowest BCUT2D eigenvalue weighted by atomic mass is 9.83. The average molecular weight is 334 g/mol. The molecule has 1 aliphatic rings. The van der Waals surface area contributed by atoms with Crippen molar-refractivity contribution in [2.75, 3.05) is 25.6 Å². The van der Waals surface area contributed by atoms with Crippen molar-refractivity contribution < 1.29 is 17.9 Å². The molecule has 1 aromatic rings. The van der Waals surface area contributed by atoms with Gasteiger partial charge in [0.05, 0.1) is 17.4 Å². The lowest BCUT2D eigenvalue weighted by Gasteiger charge is -2.36. The summed E-state index contributed by atoms with van der Waals surface area (Å²) in [6, 6.07) is 5.50. The van der Waals surface area contributed by atoms with Gasteiger partial charge in [0.1, 0.15) is 5.75 Å². The van der Waals surface area contributed by atoms with Crippen LogP contribution in [0.15, 0.2) is 18.2 Å². The van der Waals surface area contributed by atoms with Gasteiger partial charge in [-0.1, -0.05) is 17.7 Å². The highest BCUT2D eigenvalue weighted by atomic mass is 35.5. The number of benzene rings is 1. The minimum Gasteiger partial charge on any atom is -0.491 e. The SMILES string of the molecule is Cc1ccc(Cl)c(OCC2(CS(N)(=O)=O)CCOCC2)c1. The van der Waals surface area contributed by atoms with Gasteiger partial charge in [-0.15, -0.1) is 0 Å². The third-order valence-electron chi connectivity index (χ3n) is 3.68. The molecule has 5 nitrogen and oxygen atoms in total. The summed E-state index contributed by atoms with van der Waals surface area (Å²) >= 11 is 6.10. The number of aryl methyl sites for hydroxylation is 1. The normalized spacial score (nSPS) is 18.4. The molecule has 1 fully saturated rings. The van der Waals surface area contributed by atoms with Crippen LogP contribution in [0.3, 0.4) is 0 Å². The molecule has 0 atom stereocenters. The predicted octanol–water partition coefficient (Wildman–Crippen LogP) is 2.11. The van der Waals surface area contributed by atoms with Crippen LogP contribution in [0.2, 0.25) is 5.02 Å². The first-order chi connectivity index (χ1) is 9.80. The van der Waals surface area contributed by atoms with E-state index in [-0.39, 0.29) is 12.4 Å². The highest BCUT2D eigenvalue weighted by molar-refractivity contribution is 7.89. The Hall–Kier alpha value is -0.820. The molecule has 21 heavy (non-hydrogen) atoms. The van der Waals surface area contributed by atoms with E-state index in [1.807, 2.05) is 19.1 Å². The van der Waals surface area contributed by atoms with Crippen LogP contribution in [-0.2, 0) is 14.8 Å². The van der Waals surface area contributed by atoms with Gasteiger partial charge in [0.2, 0.25) is 10.0 Å². The first kappa shape index (κ1) is 16.5. The van der Waals surface area contributed by atoms with Gasteiger partial charge in [-0.05, 0) is 37.5 Å². The summed E-state index contributed by atoms with van der Waals surface area (Å²) in [5, 5.41) is 5.74. The molecule has 1 heterocycles. The van der Waals surface area contributed by atoms with Crippen LogP contribution in [-0.4, -0.2) is 34.0 Å². The molecule has 118 valence electrons. The Bertz CT molecular complexity index is 597. The van der Waals surface area contributed by atoms with Crippen molar-refractivity contribution in [2.45, 2.75) is 19.8 Å². The number of halogens is 1. The van der Waals surface area contributed by atoms with Crippen molar-refractivity contribution in [3.05, 3.63) is 28.8 Å². The molecule has 0 saturated carbocycles. The highest BCUT2D eigenvalue weighted by Gasteiger charge is 2.37. The number of rotatable bonds is 5. The number of primary sulfonamides is 1. The van der Waals surface area contributed by atoms with E-state index in [1.165, 1.54) is 0 Å². The molecular formula is C14H20ClNO4S. The second-order valence-electron chi connectivity index (χ2n) is 5.64. The molecule has 1 aromatic carbocycles. The first-order valence-electron chi connectivity index (χ1n) is 6.77. The Labute approximate surface area is 130 Å². The second kappa shape index (κ2) is 6.52. The van der Waals surface area contributed by atoms with Gasteiger partial charge in [0.15, 0.2) is 0 Å². The van der Waals surface area contributed by atoms with Crippen LogP contribution in [0, 0.1) is 12.3 Å². The third kappa shape index (κ3) is 4.85. The minimum absolute atomic E-state index is 0.104. The van der Waals surface area contributed by atoms with Gasteiger partial charge < -0.3 is 9.47 Å². The zero-order chi connectivity index (χ0) is 15.5. The number of hydrogen-bond donors (Lipinski definition) is 1. The van der Waals surface area contributed by atoms with E-state index in [9.17, 15) is 8.42 Å². The van der Waals surface area contributed by atoms with E-state index < -0.39 is 15.4 Å². The molecule has 0 bridgehead atoms. The van der Waals surface area contributed by atoms with E-state index in [0.717, 1.165) is 5.56 Å². The number of ether oxygens (including phenoxy) is 2. The third-order valence-corrected chi connectivity index (χ3v) is 5.01. The zero-order valence-corrected chi connectivity index (χ0v) is 13.5. The molecule has 0 unspecified atom stereocenters. The Kier molecular flexibility index (Phi) is 5.14. The fraction of sp³-hybridized carbons (Fsp3) is 0.571. The van der Waals surface area contributed by atoms with Crippen molar-refractivity contribution in [3.8, 4) is 5.75 Å². The van der Waals surface area contributed by atoms with E-state index in [0.29, 0.717) is 36.8 Å². The fourth-order valence-corrected chi connectivity index (χ4v) is 3.91. The summed E-state index contributed by atoms with van der Waals surface area (Å²) in [4.78, 5) is 0. The van der Waals surface area contributed by atoms with Gasteiger partial charge >= 0.3 is 0 Å². The monoisotopic (exact) mass is 333 g/mol. The first-order valence-corrected chi connectivity index (χ1v) is 8.86. The lowest BCUT2D eigenvalue weighted by Crippen LogP contribution is -2.42. The van der Waals surface area contributed by atoms with Gasteiger partial charge in [-0.2, -0.15) is 0 Å². The quantitative estimate of drug-likeness (QED) is 0.895. The van der Waals surface area contributed by atoms with Crippen LogP contribution >= 0.6 is 11.6 Å². The average Bonchev–Trinajstić information content (AvgIpc) is 2.39. The maximum absolute atomic E-state index is 11.5. The van der Waals surface area contributed by atoms with Gasteiger partial charge in [-0.25, -0.2) is 13.6 Å². The van der Waals surface area contributed by atoms with Crippen LogP contribution < -0.4 is 9.88 Å². The molecular weight excluding hydrogens is 314 g/mol. The fourth-order valence-electron chi connectivity index (χ4n) is 2.51. The van der Waals surface area contributed by atoms with E-state index in [2.05, 4.69) is 0 Å². The summed E-state index contributed by atoms with van der Waals surface area (Å²) in [7, 11) is -3.57. The maximum Gasteiger partial charge on any atom is 0.209 e. The number of sulfonamides is 1. The summed E-state index contributed by atoms with van der Waals surface area (Å²) < 4.78 is 34.1. The smallest absolute Gasteiger partial charge is 0.209 e. The Morgan fingerprint density at radius 1 is 1.38 bits per heavy atom. The van der Waals surface area contributed by atoms with Crippen molar-refractivity contribution >= 4 is 21.6 Å².